The Morgan fingerprint density at radius 2 is 1.55 bits per heavy atom. The van der Waals surface area contributed by atoms with Crippen LogP contribution in [0.2, 0.25) is 0 Å². The molecule has 164 valence electrons. The van der Waals surface area contributed by atoms with Gasteiger partial charge in [0.1, 0.15) is 12.1 Å². The number of nitrogens with zero attached hydrogens (tertiary/aromatic N) is 1. The minimum atomic E-state index is -1.19. The molecule has 1 fully saturated rings. The van der Waals surface area contributed by atoms with Crippen LogP contribution in [0.4, 0.5) is 10.5 Å². The van der Waals surface area contributed by atoms with Crippen molar-refractivity contribution in [2.24, 2.45) is 0 Å². The van der Waals surface area contributed by atoms with Crippen molar-refractivity contribution in [3.05, 3.63) is 64.7 Å². The number of hydrogen-bond acceptors (Lipinski definition) is 3. The van der Waals surface area contributed by atoms with Gasteiger partial charge in [-0.3, -0.25) is 14.5 Å². The molecule has 31 heavy (non-hydrogen) atoms. The molecule has 2 aromatic carbocycles. The highest BCUT2D eigenvalue weighted by molar-refractivity contribution is 6.10. The van der Waals surface area contributed by atoms with E-state index in [4.69, 9.17) is 0 Å². The Morgan fingerprint density at radius 3 is 2.06 bits per heavy atom. The normalized spacial score (nSPS) is 18.6. The number of aryl methyl sites for hydroxylation is 1. The van der Waals surface area contributed by atoms with Crippen LogP contribution >= 0.6 is 0 Å². The third-order valence-corrected chi connectivity index (χ3v) is 5.84. The van der Waals surface area contributed by atoms with Crippen LogP contribution in [0.3, 0.4) is 0 Å². The lowest BCUT2D eigenvalue weighted by Crippen LogP contribution is -2.42. The molecule has 0 aromatic heterocycles. The first-order valence-electron chi connectivity index (χ1n) is 10.7. The van der Waals surface area contributed by atoms with E-state index in [0.29, 0.717) is 5.56 Å². The van der Waals surface area contributed by atoms with Crippen molar-refractivity contribution in [1.82, 2.24) is 10.2 Å². The Hall–Kier alpha value is -3.15. The monoisotopic (exact) mass is 421 g/mol. The maximum absolute atomic E-state index is 13.1. The standard InChI is InChI=1S/C25H31N3O3/c1-15(2)19-8-7-9-20(16(3)4)22(19)26-21(29)14-28-23(30)25(6,27-24(28)31)18-12-10-17(5)11-13-18/h7-13,15-16H,14H2,1-6H3,(H,26,29)(H,27,31)/t25-/m1/s1. The van der Waals surface area contributed by atoms with Crippen molar-refractivity contribution >= 4 is 23.5 Å². The number of imide groups is 1. The molecule has 0 radical (unpaired) electrons. The van der Waals surface area contributed by atoms with Crippen LogP contribution in [-0.4, -0.2) is 29.3 Å². The molecule has 0 bridgehead atoms. The molecule has 1 aliphatic heterocycles. The first-order valence-corrected chi connectivity index (χ1v) is 10.7. The van der Waals surface area contributed by atoms with E-state index in [9.17, 15) is 14.4 Å². The van der Waals surface area contributed by atoms with Gasteiger partial charge in [0.25, 0.3) is 5.91 Å². The molecular weight excluding hydrogens is 390 g/mol. The Kier molecular flexibility index (Phi) is 6.20. The topological polar surface area (TPSA) is 78.5 Å². The molecule has 1 atom stereocenters. The van der Waals surface area contributed by atoms with Crippen LogP contribution in [0.25, 0.3) is 0 Å². The van der Waals surface area contributed by atoms with Gasteiger partial charge in [0, 0.05) is 5.69 Å². The van der Waals surface area contributed by atoms with Crippen molar-refractivity contribution in [3.8, 4) is 0 Å². The number of anilines is 1. The third-order valence-electron chi connectivity index (χ3n) is 5.84. The van der Waals surface area contributed by atoms with Gasteiger partial charge in [0.2, 0.25) is 5.91 Å². The summed E-state index contributed by atoms with van der Waals surface area (Å²) >= 11 is 0. The third kappa shape index (κ3) is 4.33. The maximum Gasteiger partial charge on any atom is 0.325 e. The smallest absolute Gasteiger partial charge is 0.324 e. The van der Waals surface area contributed by atoms with Crippen molar-refractivity contribution in [2.75, 3.05) is 11.9 Å². The van der Waals surface area contributed by atoms with Crippen LogP contribution in [0, 0.1) is 6.92 Å². The van der Waals surface area contributed by atoms with Crippen molar-refractivity contribution < 1.29 is 14.4 Å². The zero-order valence-electron chi connectivity index (χ0n) is 19.1. The van der Waals surface area contributed by atoms with E-state index in [1.165, 1.54) is 0 Å². The highest BCUT2D eigenvalue weighted by atomic mass is 16.2. The van der Waals surface area contributed by atoms with Gasteiger partial charge in [-0.25, -0.2) is 4.79 Å². The number of para-hydroxylation sites is 1. The number of urea groups is 1. The maximum atomic E-state index is 13.1. The SMILES string of the molecule is Cc1ccc([C@@]2(C)NC(=O)N(CC(=O)Nc3c(C(C)C)cccc3C(C)C)C2=O)cc1. The molecule has 1 heterocycles. The van der Waals surface area contributed by atoms with Crippen LogP contribution in [0.5, 0.6) is 0 Å². The fourth-order valence-corrected chi connectivity index (χ4v) is 3.94. The van der Waals surface area contributed by atoms with Gasteiger partial charge in [-0.1, -0.05) is 75.7 Å². The quantitative estimate of drug-likeness (QED) is 0.667. The lowest BCUT2D eigenvalue weighted by atomic mass is 9.91. The Bertz CT molecular complexity index is 985. The first-order chi connectivity index (χ1) is 14.5. The van der Waals surface area contributed by atoms with E-state index in [1.807, 2.05) is 49.4 Å². The van der Waals surface area contributed by atoms with E-state index < -0.39 is 23.4 Å². The second-order valence-electron chi connectivity index (χ2n) is 8.98. The van der Waals surface area contributed by atoms with Crippen LogP contribution in [0.1, 0.15) is 68.7 Å². The van der Waals surface area contributed by atoms with Gasteiger partial charge >= 0.3 is 6.03 Å². The largest absolute Gasteiger partial charge is 0.325 e. The number of amides is 4. The molecule has 0 aliphatic carbocycles. The molecule has 3 rings (SSSR count). The second-order valence-corrected chi connectivity index (χ2v) is 8.98. The number of rotatable bonds is 6. The predicted octanol–water partition coefficient (Wildman–Crippen LogP) is 4.65. The summed E-state index contributed by atoms with van der Waals surface area (Å²) < 4.78 is 0. The number of nitrogens with one attached hydrogen (secondary N) is 2. The predicted molar refractivity (Wildman–Crippen MR) is 122 cm³/mol. The summed E-state index contributed by atoms with van der Waals surface area (Å²) in [7, 11) is 0. The second kappa shape index (κ2) is 8.53. The minimum Gasteiger partial charge on any atom is -0.324 e. The fraction of sp³-hybridized carbons (Fsp3) is 0.400. The molecule has 2 N–H and O–H groups in total. The Balaban J connectivity index is 1.83. The number of benzene rings is 2. The summed E-state index contributed by atoms with van der Waals surface area (Å²) in [5, 5.41) is 5.72. The summed E-state index contributed by atoms with van der Waals surface area (Å²) in [6, 6.07) is 12.9. The first kappa shape index (κ1) is 22.5. The lowest BCUT2D eigenvalue weighted by molar-refractivity contribution is -0.133. The zero-order chi connectivity index (χ0) is 22.9. The molecule has 0 unspecified atom stereocenters. The average molecular weight is 422 g/mol. The summed E-state index contributed by atoms with van der Waals surface area (Å²) in [6.07, 6.45) is 0. The lowest BCUT2D eigenvalue weighted by Gasteiger charge is -2.23. The molecule has 4 amide bonds. The molecule has 2 aromatic rings. The van der Waals surface area contributed by atoms with E-state index in [0.717, 1.165) is 27.3 Å². The van der Waals surface area contributed by atoms with E-state index in [-0.39, 0.29) is 18.4 Å². The molecular formula is C25H31N3O3. The summed E-state index contributed by atoms with van der Waals surface area (Å²) in [4.78, 5) is 39.6. The molecule has 1 aliphatic rings. The summed E-state index contributed by atoms with van der Waals surface area (Å²) in [5.41, 5.74) is 3.38. The molecule has 0 spiro atoms. The van der Waals surface area contributed by atoms with Crippen molar-refractivity contribution in [3.63, 3.8) is 0 Å². The molecule has 0 saturated carbocycles. The highest BCUT2D eigenvalue weighted by Crippen LogP contribution is 2.33. The van der Waals surface area contributed by atoms with Crippen LogP contribution in [0.15, 0.2) is 42.5 Å². The van der Waals surface area contributed by atoms with Gasteiger partial charge in [0.15, 0.2) is 0 Å². The van der Waals surface area contributed by atoms with Crippen molar-refractivity contribution in [1.29, 1.82) is 0 Å². The highest BCUT2D eigenvalue weighted by Gasteiger charge is 2.49. The Morgan fingerprint density at radius 1 is 1.00 bits per heavy atom. The molecule has 6 heteroatoms. The average Bonchev–Trinajstić information content (AvgIpc) is 2.92. The summed E-state index contributed by atoms with van der Waals surface area (Å²) in [5.74, 6) is -0.393. The van der Waals surface area contributed by atoms with Crippen LogP contribution < -0.4 is 10.6 Å². The number of hydrogen-bond donors (Lipinski definition) is 2. The van der Waals surface area contributed by atoms with E-state index >= 15 is 0 Å². The number of carbonyl (C=O) groups is 3. The minimum absolute atomic E-state index is 0.218. The summed E-state index contributed by atoms with van der Waals surface area (Å²) in [6.45, 7) is 11.6. The van der Waals surface area contributed by atoms with Crippen LogP contribution in [-0.2, 0) is 15.1 Å². The van der Waals surface area contributed by atoms with Gasteiger partial charge in [-0.05, 0) is 42.4 Å². The van der Waals surface area contributed by atoms with Gasteiger partial charge in [-0.2, -0.15) is 0 Å². The number of carbonyl (C=O) groups excluding carboxylic acids is 3. The van der Waals surface area contributed by atoms with Crippen molar-refractivity contribution in [2.45, 2.75) is 58.9 Å². The Labute approximate surface area is 184 Å². The molecule has 6 nitrogen and oxygen atoms in total. The van der Waals surface area contributed by atoms with Gasteiger partial charge in [0.05, 0.1) is 0 Å². The zero-order valence-corrected chi connectivity index (χ0v) is 19.1. The van der Waals surface area contributed by atoms with E-state index in [2.05, 4.69) is 38.3 Å². The molecule has 1 saturated heterocycles. The van der Waals surface area contributed by atoms with Gasteiger partial charge in [-0.15, -0.1) is 0 Å². The van der Waals surface area contributed by atoms with E-state index in [1.54, 1.807) is 6.92 Å². The van der Waals surface area contributed by atoms with Gasteiger partial charge < -0.3 is 10.6 Å². The fourth-order valence-electron chi connectivity index (χ4n) is 3.94.